The fourth-order valence-corrected chi connectivity index (χ4v) is 5.87. The van der Waals surface area contributed by atoms with Gasteiger partial charge in [0.2, 0.25) is 21.8 Å². The molecule has 2 fully saturated rings. The summed E-state index contributed by atoms with van der Waals surface area (Å²) in [5, 5.41) is 0. The van der Waals surface area contributed by atoms with Crippen molar-refractivity contribution >= 4 is 21.8 Å². The van der Waals surface area contributed by atoms with E-state index >= 15 is 0 Å². The summed E-state index contributed by atoms with van der Waals surface area (Å²) in [6.07, 6.45) is 3.39. The fourth-order valence-electron chi connectivity index (χ4n) is 4.64. The Hall–Kier alpha value is -2.91. The van der Waals surface area contributed by atoms with E-state index < -0.39 is 10.0 Å². The van der Waals surface area contributed by atoms with Crippen LogP contribution in [-0.4, -0.2) is 39.4 Å². The third-order valence-corrected chi connectivity index (χ3v) is 7.81. The third kappa shape index (κ3) is 4.74. The lowest BCUT2D eigenvalue weighted by atomic mass is 9.81. The van der Waals surface area contributed by atoms with E-state index in [1.807, 2.05) is 0 Å². The molecule has 2 amide bonds. The number of hydrogen-bond acceptors (Lipinski definition) is 6. The van der Waals surface area contributed by atoms with Crippen molar-refractivity contribution in [1.82, 2.24) is 9.62 Å². The van der Waals surface area contributed by atoms with Gasteiger partial charge in [0.1, 0.15) is 16.4 Å². The number of likely N-dealkylation sites (tertiary alicyclic amines) is 1. The average Bonchev–Trinajstić information content (AvgIpc) is 3.08. The Labute approximate surface area is 193 Å². The van der Waals surface area contributed by atoms with Gasteiger partial charge in [-0.2, -0.15) is 0 Å². The van der Waals surface area contributed by atoms with Crippen LogP contribution >= 0.6 is 0 Å². The molecule has 9 heteroatoms. The molecule has 2 aromatic carbocycles. The van der Waals surface area contributed by atoms with Gasteiger partial charge in [-0.05, 0) is 48.2 Å². The molecule has 1 aliphatic heterocycles. The van der Waals surface area contributed by atoms with Gasteiger partial charge in [-0.1, -0.05) is 31.0 Å². The summed E-state index contributed by atoms with van der Waals surface area (Å²) in [4.78, 5) is 26.9. The summed E-state index contributed by atoms with van der Waals surface area (Å²) in [5.41, 5.74) is 1.29. The topological polar surface area (TPSA) is 102 Å². The number of ether oxygens (including phenoxy) is 2. The van der Waals surface area contributed by atoms with Crippen molar-refractivity contribution < 1.29 is 27.5 Å². The van der Waals surface area contributed by atoms with E-state index in [0.717, 1.165) is 31.2 Å². The largest absolute Gasteiger partial charge is 0.497 e. The first-order valence-corrected chi connectivity index (χ1v) is 12.5. The van der Waals surface area contributed by atoms with E-state index in [1.165, 1.54) is 18.1 Å². The summed E-state index contributed by atoms with van der Waals surface area (Å²) >= 11 is 0. The van der Waals surface area contributed by atoms with Crippen LogP contribution in [0.25, 0.3) is 0 Å². The Morgan fingerprint density at radius 1 is 0.939 bits per heavy atom. The Morgan fingerprint density at radius 3 is 2.27 bits per heavy atom. The number of benzene rings is 2. The monoisotopic (exact) mass is 472 g/mol. The Bertz CT molecular complexity index is 1140. The van der Waals surface area contributed by atoms with Crippen LogP contribution in [0.5, 0.6) is 11.5 Å². The minimum atomic E-state index is -3.93. The van der Waals surface area contributed by atoms with Crippen molar-refractivity contribution in [1.29, 1.82) is 0 Å². The van der Waals surface area contributed by atoms with Crippen molar-refractivity contribution in [2.75, 3.05) is 14.2 Å². The zero-order valence-corrected chi connectivity index (χ0v) is 19.6. The van der Waals surface area contributed by atoms with E-state index in [0.29, 0.717) is 11.3 Å². The number of imide groups is 1. The van der Waals surface area contributed by atoms with Crippen LogP contribution in [0.15, 0.2) is 47.4 Å². The van der Waals surface area contributed by atoms with Gasteiger partial charge in [0.05, 0.1) is 32.6 Å². The lowest BCUT2D eigenvalue weighted by molar-refractivity contribution is -0.140. The highest BCUT2D eigenvalue weighted by atomic mass is 32.2. The molecule has 1 heterocycles. The molecular formula is C24H28N2O6S. The maximum absolute atomic E-state index is 13.1. The lowest BCUT2D eigenvalue weighted by Gasteiger charge is -2.19. The Kier molecular flexibility index (Phi) is 6.71. The van der Waals surface area contributed by atoms with Gasteiger partial charge in [-0.3, -0.25) is 14.5 Å². The minimum Gasteiger partial charge on any atom is -0.497 e. The summed E-state index contributed by atoms with van der Waals surface area (Å²) in [6.45, 7) is 0.117. The lowest BCUT2D eigenvalue weighted by Crippen LogP contribution is -2.30. The highest BCUT2D eigenvalue weighted by molar-refractivity contribution is 7.89. The van der Waals surface area contributed by atoms with E-state index in [-0.39, 0.29) is 47.4 Å². The number of nitrogens with one attached hydrogen (secondary N) is 1. The molecule has 4 rings (SSSR count). The molecule has 8 nitrogen and oxygen atoms in total. The van der Waals surface area contributed by atoms with E-state index in [9.17, 15) is 18.0 Å². The quantitative estimate of drug-likeness (QED) is 0.593. The molecule has 33 heavy (non-hydrogen) atoms. The minimum absolute atomic E-state index is 0.0399. The summed E-state index contributed by atoms with van der Waals surface area (Å²) in [7, 11) is -0.986. The number of amides is 2. The number of carbonyl (C=O) groups excluding carboxylic acids is 2. The molecular weight excluding hydrogens is 444 g/mol. The Morgan fingerprint density at radius 2 is 1.64 bits per heavy atom. The summed E-state index contributed by atoms with van der Waals surface area (Å²) in [5.74, 6) is 0.0352. The van der Waals surface area contributed by atoms with Crippen LogP contribution in [-0.2, 0) is 32.7 Å². The maximum atomic E-state index is 13.1. The number of carbonyl (C=O) groups is 2. The van der Waals surface area contributed by atoms with Crippen molar-refractivity contribution in [2.24, 2.45) is 11.8 Å². The van der Waals surface area contributed by atoms with Gasteiger partial charge in [0.15, 0.2) is 0 Å². The average molecular weight is 473 g/mol. The normalized spacial score (nSPS) is 20.6. The van der Waals surface area contributed by atoms with Crippen LogP contribution in [0.4, 0.5) is 0 Å². The molecule has 0 unspecified atom stereocenters. The number of hydrogen-bond donors (Lipinski definition) is 1. The van der Waals surface area contributed by atoms with Crippen molar-refractivity contribution in [3.05, 3.63) is 53.6 Å². The molecule has 0 aromatic heterocycles. The molecule has 0 radical (unpaired) electrons. The van der Waals surface area contributed by atoms with Crippen LogP contribution in [0.2, 0.25) is 0 Å². The molecule has 176 valence electrons. The van der Waals surface area contributed by atoms with Crippen LogP contribution in [0, 0.1) is 11.8 Å². The highest BCUT2D eigenvalue weighted by Gasteiger charge is 2.47. The number of nitrogens with zero attached hydrogens (tertiary/aromatic N) is 1. The fraction of sp³-hybridized carbons (Fsp3) is 0.417. The van der Waals surface area contributed by atoms with Crippen LogP contribution in [0.3, 0.4) is 0 Å². The molecule has 1 N–H and O–H groups in total. The highest BCUT2D eigenvalue weighted by Crippen LogP contribution is 2.39. The van der Waals surface area contributed by atoms with Crippen molar-refractivity contribution in [3.63, 3.8) is 0 Å². The number of fused-ring (bicyclic) bond motifs is 1. The standard InChI is InChI=1S/C24H28N2O6S/c1-31-18-7-5-6-16(12-18)14-25-33(29,30)22-13-17(10-11-21(22)32-2)15-26-23(27)19-8-3-4-9-20(19)24(26)28/h5-7,10-13,19-20,25H,3-4,8-9,14-15H2,1-2H3/t19-,20-/m0/s1. The molecule has 1 saturated heterocycles. The van der Waals surface area contributed by atoms with E-state index in [4.69, 9.17) is 9.47 Å². The smallest absolute Gasteiger partial charge is 0.244 e. The van der Waals surface area contributed by atoms with E-state index in [1.54, 1.807) is 43.5 Å². The molecule has 0 spiro atoms. The summed E-state index contributed by atoms with van der Waals surface area (Å²) in [6, 6.07) is 11.8. The first kappa shape index (κ1) is 23.3. The predicted octanol–water partition coefficient (Wildman–Crippen LogP) is 2.86. The molecule has 1 saturated carbocycles. The zero-order valence-electron chi connectivity index (χ0n) is 18.7. The SMILES string of the molecule is COc1cccc(CNS(=O)(=O)c2cc(CN3C(=O)[C@H]4CCCC[C@@H]4C3=O)ccc2OC)c1. The zero-order chi connectivity index (χ0) is 23.6. The molecule has 2 atom stereocenters. The molecule has 0 bridgehead atoms. The van der Waals surface area contributed by atoms with Crippen LogP contribution in [0.1, 0.15) is 36.8 Å². The van der Waals surface area contributed by atoms with Gasteiger partial charge >= 0.3 is 0 Å². The summed E-state index contributed by atoms with van der Waals surface area (Å²) < 4.78 is 39.2. The van der Waals surface area contributed by atoms with Gasteiger partial charge in [0, 0.05) is 6.54 Å². The molecule has 2 aromatic rings. The number of rotatable bonds is 8. The van der Waals surface area contributed by atoms with Gasteiger partial charge in [0.25, 0.3) is 0 Å². The van der Waals surface area contributed by atoms with Gasteiger partial charge in [-0.15, -0.1) is 0 Å². The number of sulfonamides is 1. The first-order chi connectivity index (χ1) is 15.8. The second-order valence-electron chi connectivity index (χ2n) is 8.42. The second-order valence-corrected chi connectivity index (χ2v) is 10.2. The van der Waals surface area contributed by atoms with Crippen molar-refractivity contribution in [3.8, 4) is 11.5 Å². The second kappa shape index (κ2) is 9.52. The van der Waals surface area contributed by atoms with Crippen LogP contribution < -0.4 is 14.2 Å². The molecule has 1 aliphatic carbocycles. The van der Waals surface area contributed by atoms with Gasteiger partial charge < -0.3 is 9.47 Å². The Balaban J connectivity index is 1.55. The predicted molar refractivity (Wildman–Crippen MR) is 121 cm³/mol. The van der Waals surface area contributed by atoms with Crippen molar-refractivity contribution in [2.45, 2.75) is 43.7 Å². The number of methoxy groups -OCH3 is 2. The first-order valence-electron chi connectivity index (χ1n) is 11.0. The molecule has 2 aliphatic rings. The maximum Gasteiger partial charge on any atom is 0.244 e. The van der Waals surface area contributed by atoms with Gasteiger partial charge in [-0.25, -0.2) is 13.1 Å². The third-order valence-electron chi connectivity index (χ3n) is 6.39. The van der Waals surface area contributed by atoms with E-state index in [2.05, 4.69) is 4.72 Å².